The summed E-state index contributed by atoms with van der Waals surface area (Å²) in [5.41, 5.74) is 0.638. The maximum Gasteiger partial charge on any atom is 0.243 e. The number of nitrogens with one attached hydrogen (secondary N) is 2. The Kier molecular flexibility index (Phi) is 1.62. The van der Waals surface area contributed by atoms with Crippen molar-refractivity contribution in [3.8, 4) is 0 Å². The highest BCUT2D eigenvalue weighted by molar-refractivity contribution is 6.31. The molecule has 4 nitrogen and oxygen atoms in total. The fourth-order valence-electron chi connectivity index (χ4n) is 1.03. The fraction of sp³-hybridized carbons (Fsp3) is 0.143. The molecule has 62 valence electrons. The summed E-state index contributed by atoms with van der Waals surface area (Å²) >= 11 is 5.68. The number of hydrogen-bond acceptors (Lipinski definition) is 3. The lowest BCUT2D eigenvalue weighted by Gasteiger charge is -2.16. The van der Waals surface area contributed by atoms with E-state index in [1.165, 1.54) is 6.20 Å². The molecule has 0 atom stereocenters. The van der Waals surface area contributed by atoms with E-state index in [-0.39, 0.29) is 12.5 Å². The summed E-state index contributed by atoms with van der Waals surface area (Å²) in [6, 6.07) is 1.66. The summed E-state index contributed by atoms with van der Waals surface area (Å²) in [6.45, 7) is 0.266. The minimum atomic E-state index is -0.0773. The highest BCUT2D eigenvalue weighted by atomic mass is 35.5. The first kappa shape index (κ1) is 7.36. The molecule has 0 aromatic carbocycles. The average molecular weight is 184 g/mol. The first-order chi connectivity index (χ1) is 5.75. The molecule has 1 aliphatic rings. The van der Waals surface area contributed by atoms with Crippen LogP contribution >= 0.6 is 11.6 Å². The van der Waals surface area contributed by atoms with Crippen LogP contribution in [0.1, 0.15) is 0 Å². The first-order valence-corrected chi connectivity index (χ1v) is 3.83. The van der Waals surface area contributed by atoms with Gasteiger partial charge in [-0.2, -0.15) is 0 Å². The Morgan fingerprint density at radius 3 is 3.25 bits per heavy atom. The number of amides is 1. The van der Waals surface area contributed by atoms with Crippen molar-refractivity contribution in [1.29, 1.82) is 0 Å². The van der Waals surface area contributed by atoms with Crippen molar-refractivity contribution in [2.24, 2.45) is 0 Å². The monoisotopic (exact) mass is 183 g/mol. The van der Waals surface area contributed by atoms with E-state index in [1.54, 1.807) is 6.07 Å². The molecule has 0 spiro atoms. The molecule has 0 bridgehead atoms. The van der Waals surface area contributed by atoms with Gasteiger partial charge < -0.3 is 10.6 Å². The van der Waals surface area contributed by atoms with Gasteiger partial charge in [-0.25, -0.2) is 4.98 Å². The van der Waals surface area contributed by atoms with Crippen LogP contribution in [0.15, 0.2) is 12.3 Å². The zero-order chi connectivity index (χ0) is 8.55. The molecule has 0 radical (unpaired) electrons. The molecule has 2 rings (SSSR count). The average Bonchev–Trinajstić information content (AvgIpc) is 2.03. The highest BCUT2D eigenvalue weighted by Crippen LogP contribution is 2.24. The molecule has 1 aliphatic heterocycles. The molecule has 0 aliphatic carbocycles. The van der Waals surface area contributed by atoms with E-state index < -0.39 is 0 Å². The summed E-state index contributed by atoms with van der Waals surface area (Å²) < 4.78 is 0. The number of fused-ring (bicyclic) bond motifs is 1. The predicted molar refractivity (Wildman–Crippen MR) is 46.4 cm³/mol. The van der Waals surface area contributed by atoms with Crippen LogP contribution in [0.5, 0.6) is 0 Å². The fourth-order valence-corrected chi connectivity index (χ4v) is 1.19. The largest absolute Gasteiger partial charge is 0.359 e. The van der Waals surface area contributed by atoms with Crippen LogP contribution in [0.25, 0.3) is 0 Å². The quantitative estimate of drug-likeness (QED) is 0.633. The summed E-state index contributed by atoms with van der Waals surface area (Å²) in [6.07, 6.45) is 1.53. The first-order valence-electron chi connectivity index (χ1n) is 3.45. The van der Waals surface area contributed by atoms with Crippen LogP contribution in [0.2, 0.25) is 5.02 Å². The van der Waals surface area contributed by atoms with Gasteiger partial charge in [0.1, 0.15) is 5.82 Å². The number of carbonyl (C=O) groups excluding carboxylic acids is 1. The third-order valence-corrected chi connectivity index (χ3v) is 1.75. The van der Waals surface area contributed by atoms with E-state index >= 15 is 0 Å². The van der Waals surface area contributed by atoms with Crippen LogP contribution in [-0.2, 0) is 4.79 Å². The lowest BCUT2D eigenvalue weighted by Crippen LogP contribution is -2.27. The Morgan fingerprint density at radius 2 is 2.42 bits per heavy atom. The van der Waals surface area contributed by atoms with Gasteiger partial charge in [0.2, 0.25) is 5.91 Å². The zero-order valence-electron chi connectivity index (χ0n) is 6.10. The molecule has 1 amide bonds. The molecule has 5 heteroatoms. The van der Waals surface area contributed by atoms with Gasteiger partial charge in [0, 0.05) is 6.20 Å². The maximum atomic E-state index is 10.9. The molecule has 1 aromatic heterocycles. The Balaban J connectivity index is 2.44. The lowest BCUT2D eigenvalue weighted by molar-refractivity contribution is -0.114. The van der Waals surface area contributed by atoms with Crippen molar-refractivity contribution in [3.63, 3.8) is 0 Å². The molecular weight excluding hydrogens is 178 g/mol. The SMILES string of the molecule is O=C1CNc2ncc(Cl)cc2N1. The Labute approximate surface area is 73.9 Å². The molecule has 1 aromatic rings. The van der Waals surface area contributed by atoms with Gasteiger partial charge in [0.25, 0.3) is 0 Å². The number of anilines is 2. The van der Waals surface area contributed by atoms with Gasteiger partial charge in [-0.15, -0.1) is 0 Å². The Bertz CT molecular complexity index is 339. The van der Waals surface area contributed by atoms with Gasteiger partial charge in [0.15, 0.2) is 0 Å². The highest BCUT2D eigenvalue weighted by Gasteiger charge is 2.14. The standard InChI is InChI=1S/C7H6ClN3O/c8-4-1-5-7(9-2-4)10-3-6(12)11-5/h1-2H,3H2,(H,9,10)(H,11,12). The smallest absolute Gasteiger partial charge is 0.243 e. The van der Waals surface area contributed by atoms with Gasteiger partial charge >= 0.3 is 0 Å². The van der Waals surface area contributed by atoms with Crippen molar-refractivity contribution in [3.05, 3.63) is 17.3 Å². The minimum Gasteiger partial charge on any atom is -0.359 e. The van der Waals surface area contributed by atoms with E-state index in [0.717, 1.165) is 0 Å². The van der Waals surface area contributed by atoms with Crippen molar-refractivity contribution >= 4 is 29.0 Å². The number of hydrogen-bond donors (Lipinski definition) is 2. The number of halogens is 1. The van der Waals surface area contributed by atoms with E-state index in [1.807, 2.05) is 0 Å². The molecule has 12 heavy (non-hydrogen) atoms. The third kappa shape index (κ3) is 1.21. The molecule has 2 heterocycles. The van der Waals surface area contributed by atoms with Crippen molar-refractivity contribution in [2.45, 2.75) is 0 Å². The topological polar surface area (TPSA) is 54.0 Å². The number of aromatic nitrogens is 1. The van der Waals surface area contributed by atoms with Gasteiger partial charge in [0.05, 0.1) is 17.3 Å². The van der Waals surface area contributed by atoms with Crippen molar-refractivity contribution < 1.29 is 4.79 Å². The van der Waals surface area contributed by atoms with E-state index in [0.29, 0.717) is 16.5 Å². The predicted octanol–water partition coefficient (Wildman–Crippen LogP) is 1.10. The minimum absolute atomic E-state index is 0.0773. The van der Waals surface area contributed by atoms with Gasteiger partial charge in [-0.3, -0.25) is 4.79 Å². The van der Waals surface area contributed by atoms with Crippen molar-refractivity contribution in [1.82, 2.24) is 4.98 Å². The summed E-state index contributed by atoms with van der Waals surface area (Å²) in [7, 11) is 0. The van der Waals surface area contributed by atoms with Gasteiger partial charge in [-0.1, -0.05) is 11.6 Å². The van der Waals surface area contributed by atoms with Crippen LogP contribution in [0, 0.1) is 0 Å². The maximum absolute atomic E-state index is 10.9. The molecule has 0 saturated carbocycles. The molecule has 0 unspecified atom stereocenters. The molecule has 0 fully saturated rings. The second-order valence-corrected chi connectivity index (χ2v) is 2.89. The summed E-state index contributed by atoms with van der Waals surface area (Å²) in [4.78, 5) is 14.9. The number of rotatable bonds is 0. The molecular formula is C7H6ClN3O. The number of pyridine rings is 1. The summed E-state index contributed by atoms with van der Waals surface area (Å²) in [5, 5.41) is 6.02. The molecule has 2 N–H and O–H groups in total. The second kappa shape index (κ2) is 2.64. The molecule has 0 saturated heterocycles. The number of nitrogens with zero attached hydrogens (tertiary/aromatic N) is 1. The third-order valence-electron chi connectivity index (χ3n) is 1.54. The Morgan fingerprint density at radius 1 is 1.58 bits per heavy atom. The number of carbonyl (C=O) groups is 1. The van der Waals surface area contributed by atoms with Crippen LogP contribution in [0.3, 0.4) is 0 Å². The zero-order valence-corrected chi connectivity index (χ0v) is 6.85. The van der Waals surface area contributed by atoms with Crippen LogP contribution < -0.4 is 10.6 Å². The van der Waals surface area contributed by atoms with Crippen molar-refractivity contribution in [2.75, 3.05) is 17.2 Å². The van der Waals surface area contributed by atoms with Gasteiger partial charge in [-0.05, 0) is 6.07 Å². The normalized spacial score (nSPS) is 14.6. The lowest BCUT2D eigenvalue weighted by atomic mass is 10.3. The summed E-state index contributed by atoms with van der Waals surface area (Å²) in [5.74, 6) is 0.588. The van der Waals surface area contributed by atoms with Crippen LogP contribution in [0.4, 0.5) is 11.5 Å². The second-order valence-electron chi connectivity index (χ2n) is 2.45. The Hall–Kier alpha value is -1.29. The van der Waals surface area contributed by atoms with E-state index in [9.17, 15) is 4.79 Å². The van der Waals surface area contributed by atoms with E-state index in [2.05, 4.69) is 15.6 Å². The van der Waals surface area contributed by atoms with E-state index in [4.69, 9.17) is 11.6 Å². The van der Waals surface area contributed by atoms with Crippen LogP contribution in [-0.4, -0.2) is 17.4 Å².